The minimum atomic E-state index is -0.264. The molecule has 5 nitrogen and oxygen atoms in total. The molecule has 0 atom stereocenters. The van der Waals surface area contributed by atoms with Crippen LogP contribution >= 0.6 is 22.9 Å². The van der Waals surface area contributed by atoms with E-state index < -0.39 is 0 Å². The maximum Gasteiger partial charge on any atom is 0.269 e. The van der Waals surface area contributed by atoms with Crippen molar-refractivity contribution < 1.29 is 4.79 Å². The molecule has 0 saturated carbocycles. The Morgan fingerprint density at radius 2 is 2.11 bits per heavy atom. The highest BCUT2D eigenvalue weighted by molar-refractivity contribution is 7.16. The van der Waals surface area contributed by atoms with E-state index >= 15 is 0 Å². The molecule has 2 rings (SSSR count). The van der Waals surface area contributed by atoms with Crippen LogP contribution in [-0.2, 0) is 0 Å². The Kier molecular flexibility index (Phi) is 3.41. The van der Waals surface area contributed by atoms with Gasteiger partial charge in [-0.1, -0.05) is 4.49 Å². The molecule has 7 heteroatoms. The molecule has 0 aromatic carbocycles. The van der Waals surface area contributed by atoms with Crippen LogP contribution in [0.15, 0.2) is 0 Å². The molecule has 0 bridgehead atoms. The predicted octanol–water partition coefficient (Wildman–Crippen LogP) is 2.65. The number of amides is 1. The molecular formula is C11H10N4OS2. The lowest BCUT2D eigenvalue weighted by Gasteiger charge is -2.00. The largest absolute Gasteiger partial charge is 0.312 e. The highest BCUT2D eigenvalue weighted by Gasteiger charge is 2.18. The van der Waals surface area contributed by atoms with Gasteiger partial charge >= 0.3 is 0 Å². The third-order valence-electron chi connectivity index (χ3n) is 2.58. The SMILES string of the molecule is Cc1nnsc1C(=O)Nc1sc(C)c(C)c1C#N. The normalized spacial score (nSPS) is 10.1. The van der Waals surface area contributed by atoms with Gasteiger partial charge in [-0.15, -0.1) is 16.4 Å². The summed E-state index contributed by atoms with van der Waals surface area (Å²) in [7, 11) is 0. The second-order valence-corrected chi connectivity index (χ2v) is 5.72. The average molecular weight is 278 g/mol. The zero-order valence-electron chi connectivity index (χ0n) is 10.1. The minimum absolute atomic E-state index is 0.264. The van der Waals surface area contributed by atoms with Crippen molar-refractivity contribution in [3.8, 4) is 6.07 Å². The van der Waals surface area contributed by atoms with Gasteiger partial charge in [0.05, 0.1) is 11.3 Å². The summed E-state index contributed by atoms with van der Waals surface area (Å²) < 4.78 is 3.72. The number of nitrogens with zero attached hydrogens (tertiary/aromatic N) is 3. The van der Waals surface area contributed by atoms with Crippen LogP contribution in [0.5, 0.6) is 0 Å². The zero-order valence-corrected chi connectivity index (χ0v) is 11.7. The molecule has 0 unspecified atom stereocenters. The van der Waals surface area contributed by atoms with Crippen molar-refractivity contribution in [2.24, 2.45) is 0 Å². The number of carbonyl (C=O) groups excluding carboxylic acids is 1. The summed E-state index contributed by atoms with van der Waals surface area (Å²) in [4.78, 5) is 13.5. The molecule has 92 valence electrons. The molecule has 1 N–H and O–H groups in total. The maximum absolute atomic E-state index is 12.0. The number of anilines is 1. The van der Waals surface area contributed by atoms with Crippen LogP contribution in [0.3, 0.4) is 0 Å². The fourth-order valence-electron chi connectivity index (χ4n) is 1.45. The van der Waals surface area contributed by atoms with Gasteiger partial charge in [0, 0.05) is 4.88 Å². The first kappa shape index (κ1) is 12.7. The van der Waals surface area contributed by atoms with Gasteiger partial charge in [0.25, 0.3) is 5.91 Å². The van der Waals surface area contributed by atoms with E-state index in [1.807, 2.05) is 13.8 Å². The smallest absolute Gasteiger partial charge is 0.269 e. The van der Waals surface area contributed by atoms with Crippen molar-refractivity contribution in [2.45, 2.75) is 20.8 Å². The van der Waals surface area contributed by atoms with Gasteiger partial charge in [-0.05, 0) is 37.9 Å². The summed E-state index contributed by atoms with van der Waals surface area (Å²) in [6.45, 7) is 5.53. The molecule has 1 amide bonds. The molecule has 18 heavy (non-hydrogen) atoms. The number of nitrogens with one attached hydrogen (secondary N) is 1. The Morgan fingerprint density at radius 3 is 2.67 bits per heavy atom. The Hall–Kier alpha value is -1.78. The van der Waals surface area contributed by atoms with E-state index in [9.17, 15) is 4.79 Å². The Balaban J connectivity index is 2.31. The monoisotopic (exact) mass is 278 g/mol. The first-order valence-electron chi connectivity index (χ1n) is 5.15. The lowest BCUT2D eigenvalue weighted by Crippen LogP contribution is -2.11. The third kappa shape index (κ3) is 2.12. The second-order valence-electron chi connectivity index (χ2n) is 3.74. The van der Waals surface area contributed by atoms with E-state index in [1.165, 1.54) is 11.3 Å². The highest BCUT2D eigenvalue weighted by Crippen LogP contribution is 2.32. The number of carbonyl (C=O) groups is 1. The van der Waals surface area contributed by atoms with E-state index in [-0.39, 0.29) is 5.91 Å². The first-order chi connectivity index (χ1) is 8.54. The summed E-state index contributed by atoms with van der Waals surface area (Å²) >= 11 is 2.46. The molecule has 0 aliphatic rings. The fourth-order valence-corrected chi connectivity index (χ4v) is 3.01. The molecular weight excluding hydrogens is 268 g/mol. The van der Waals surface area contributed by atoms with E-state index in [2.05, 4.69) is 21.0 Å². The summed E-state index contributed by atoms with van der Waals surface area (Å²) in [6.07, 6.45) is 0. The van der Waals surface area contributed by atoms with Crippen LogP contribution in [0.25, 0.3) is 0 Å². The Bertz CT molecular complexity index is 651. The van der Waals surface area contributed by atoms with Gasteiger partial charge < -0.3 is 5.32 Å². The van der Waals surface area contributed by atoms with Crippen molar-refractivity contribution >= 4 is 33.8 Å². The van der Waals surface area contributed by atoms with Crippen LogP contribution in [0, 0.1) is 32.1 Å². The van der Waals surface area contributed by atoms with E-state index in [4.69, 9.17) is 5.26 Å². The van der Waals surface area contributed by atoms with Crippen molar-refractivity contribution in [3.63, 3.8) is 0 Å². The molecule has 0 radical (unpaired) electrons. The van der Waals surface area contributed by atoms with Crippen LogP contribution in [-0.4, -0.2) is 15.5 Å². The van der Waals surface area contributed by atoms with Crippen LogP contribution in [0.4, 0.5) is 5.00 Å². The van der Waals surface area contributed by atoms with Crippen LogP contribution < -0.4 is 5.32 Å². The quantitative estimate of drug-likeness (QED) is 0.916. The fraction of sp³-hybridized carbons (Fsp3) is 0.273. The van der Waals surface area contributed by atoms with Gasteiger partial charge in [-0.2, -0.15) is 5.26 Å². The van der Waals surface area contributed by atoms with Crippen molar-refractivity contribution in [1.29, 1.82) is 5.26 Å². The van der Waals surface area contributed by atoms with E-state index in [0.717, 1.165) is 22.0 Å². The molecule has 0 fully saturated rings. The molecule has 2 heterocycles. The van der Waals surface area contributed by atoms with E-state index in [0.29, 0.717) is 21.1 Å². The summed E-state index contributed by atoms with van der Waals surface area (Å²) in [5.41, 5.74) is 2.04. The van der Waals surface area contributed by atoms with Crippen LogP contribution in [0.1, 0.15) is 31.4 Å². The number of aryl methyl sites for hydroxylation is 2. The first-order valence-corrected chi connectivity index (χ1v) is 6.74. The predicted molar refractivity (Wildman–Crippen MR) is 71.1 cm³/mol. The lowest BCUT2D eigenvalue weighted by molar-refractivity contribution is 0.103. The highest BCUT2D eigenvalue weighted by atomic mass is 32.1. The van der Waals surface area contributed by atoms with Gasteiger partial charge in [-0.25, -0.2) is 0 Å². The number of aromatic nitrogens is 2. The summed E-state index contributed by atoms with van der Waals surface area (Å²) in [6, 6.07) is 2.12. The summed E-state index contributed by atoms with van der Waals surface area (Å²) in [5.74, 6) is -0.264. The minimum Gasteiger partial charge on any atom is -0.312 e. The maximum atomic E-state index is 12.0. The van der Waals surface area contributed by atoms with Crippen molar-refractivity contribution in [1.82, 2.24) is 9.59 Å². The molecule has 2 aromatic rings. The third-order valence-corrected chi connectivity index (χ3v) is 4.53. The molecule has 2 aromatic heterocycles. The van der Waals surface area contributed by atoms with Gasteiger partial charge in [0.1, 0.15) is 15.9 Å². The molecule has 0 saturated heterocycles. The molecule has 0 spiro atoms. The number of nitriles is 1. The van der Waals surface area contributed by atoms with Crippen molar-refractivity contribution in [2.75, 3.05) is 5.32 Å². The van der Waals surface area contributed by atoms with Crippen molar-refractivity contribution in [3.05, 3.63) is 26.6 Å². The topological polar surface area (TPSA) is 78.7 Å². The van der Waals surface area contributed by atoms with Crippen LogP contribution in [0.2, 0.25) is 0 Å². The van der Waals surface area contributed by atoms with E-state index in [1.54, 1.807) is 6.92 Å². The lowest BCUT2D eigenvalue weighted by atomic mass is 10.2. The molecule has 0 aliphatic heterocycles. The number of rotatable bonds is 2. The molecule has 0 aliphatic carbocycles. The number of hydrogen-bond donors (Lipinski definition) is 1. The average Bonchev–Trinajstić information content (AvgIpc) is 2.85. The Morgan fingerprint density at radius 1 is 1.39 bits per heavy atom. The Labute approximate surface area is 112 Å². The van der Waals surface area contributed by atoms with Gasteiger partial charge in [-0.3, -0.25) is 4.79 Å². The second kappa shape index (κ2) is 4.84. The summed E-state index contributed by atoms with van der Waals surface area (Å²) in [5, 5.41) is 16.2. The number of thiophene rings is 1. The number of hydrogen-bond acceptors (Lipinski definition) is 6. The van der Waals surface area contributed by atoms with Gasteiger partial charge in [0.2, 0.25) is 0 Å². The zero-order chi connectivity index (χ0) is 13.3. The standard InChI is InChI=1S/C11H10N4OS2/c1-5-7(3)17-11(8(5)4-12)13-10(16)9-6(2)14-15-18-9/h1-3H3,(H,13,16). The van der Waals surface area contributed by atoms with Gasteiger partial charge in [0.15, 0.2) is 0 Å².